The first kappa shape index (κ1) is 25.2. The number of carboxylic acid groups (broad SMARTS) is 1. The van der Waals surface area contributed by atoms with Crippen molar-refractivity contribution >= 4 is 23.8 Å². The van der Waals surface area contributed by atoms with Gasteiger partial charge < -0.3 is 15.2 Å². The summed E-state index contributed by atoms with van der Waals surface area (Å²) in [5.41, 5.74) is -4.89. The third kappa shape index (κ3) is 4.78. The second-order valence-electron chi connectivity index (χ2n) is 7.11. The Kier molecular flexibility index (Phi) is 6.29. The van der Waals surface area contributed by atoms with Gasteiger partial charge in [0.2, 0.25) is 0 Å². The third-order valence-electron chi connectivity index (χ3n) is 4.72. The molecule has 0 radical (unpaired) electrons. The van der Waals surface area contributed by atoms with Gasteiger partial charge in [0.25, 0.3) is 18.0 Å². The standard InChI is InChI=1S/C19H12F6N6O4/c1-17(18(21,22)14(19(23,24)25)35-15(31-17)30-16(33)34)12-9(20)3-5-11(28-12)29-13(32)10-4-2-8(6-26)7-27-10/h2-5,7,14H,1H3,(H,30,31)(H,33,34)(H,28,29,32)/t14-,17+/m0/s1. The van der Waals surface area contributed by atoms with Crippen molar-refractivity contribution in [3.05, 3.63) is 53.2 Å². The molecule has 3 rings (SSSR count). The number of aromatic nitrogens is 2. The highest BCUT2D eigenvalue weighted by Crippen LogP contribution is 2.51. The summed E-state index contributed by atoms with van der Waals surface area (Å²) in [7, 11) is 0. The van der Waals surface area contributed by atoms with Crippen molar-refractivity contribution < 1.29 is 45.8 Å². The van der Waals surface area contributed by atoms with E-state index in [0.29, 0.717) is 13.0 Å². The molecule has 0 fully saturated rings. The molecular formula is C19H12F6N6O4. The summed E-state index contributed by atoms with van der Waals surface area (Å²) >= 11 is 0. The lowest BCUT2D eigenvalue weighted by atomic mass is 9.84. The van der Waals surface area contributed by atoms with Gasteiger partial charge in [-0.1, -0.05) is 0 Å². The van der Waals surface area contributed by atoms with E-state index in [-0.39, 0.29) is 11.3 Å². The summed E-state index contributed by atoms with van der Waals surface area (Å²) in [6.45, 7) is 0.400. The van der Waals surface area contributed by atoms with E-state index in [0.717, 1.165) is 18.3 Å². The van der Waals surface area contributed by atoms with Gasteiger partial charge in [0.15, 0.2) is 5.54 Å². The van der Waals surface area contributed by atoms with E-state index in [1.165, 1.54) is 11.4 Å². The third-order valence-corrected chi connectivity index (χ3v) is 4.72. The van der Waals surface area contributed by atoms with Gasteiger partial charge in [0, 0.05) is 6.20 Å². The maximum Gasteiger partial charge on any atom is 0.431 e. The average Bonchev–Trinajstić information content (AvgIpc) is 2.76. The van der Waals surface area contributed by atoms with E-state index >= 15 is 8.78 Å². The Labute approximate surface area is 191 Å². The number of hydrogen-bond donors (Lipinski definition) is 3. The van der Waals surface area contributed by atoms with E-state index in [1.54, 1.807) is 6.07 Å². The second-order valence-corrected chi connectivity index (χ2v) is 7.11. The van der Waals surface area contributed by atoms with Crippen LogP contribution in [0.4, 0.5) is 37.0 Å². The fourth-order valence-electron chi connectivity index (χ4n) is 3.00. The number of pyridine rings is 2. The van der Waals surface area contributed by atoms with Gasteiger partial charge in [-0.05, 0) is 31.2 Å². The number of hydrogen-bond acceptors (Lipinski definition) is 7. The summed E-state index contributed by atoms with van der Waals surface area (Å²) in [5, 5.41) is 20.9. The number of carbonyl (C=O) groups is 2. The molecule has 2 atom stereocenters. The molecule has 0 saturated carbocycles. The summed E-state index contributed by atoms with van der Waals surface area (Å²) in [6, 6.07) is 4.08. The first-order valence-corrected chi connectivity index (χ1v) is 9.24. The molecule has 2 amide bonds. The number of anilines is 1. The largest absolute Gasteiger partial charge is 0.465 e. The van der Waals surface area contributed by atoms with Crippen LogP contribution >= 0.6 is 0 Å². The highest BCUT2D eigenvalue weighted by Gasteiger charge is 2.71. The van der Waals surface area contributed by atoms with Crippen LogP contribution in [0.1, 0.15) is 28.7 Å². The SMILES string of the molecule is C[C@]1(c2nc(NC(=O)c3ccc(C#N)cn3)ccc2F)N=C(NC(=O)O)O[C@H](C(F)(F)F)C1(F)F. The van der Waals surface area contributed by atoms with E-state index < -0.39 is 59.1 Å². The lowest BCUT2D eigenvalue weighted by molar-refractivity contribution is -0.288. The van der Waals surface area contributed by atoms with Crippen LogP contribution in [0, 0.1) is 17.1 Å². The molecule has 10 nitrogen and oxygen atoms in total. The van der Waals surface area contributed by atoms with E-state index in [1.807, 2.05) is 0 Å². The van der Waals surface area contributed by atoms with E-state index in [4.69, 9.17) is 10.4 Å². The molecule has 0 spiro atoms. The van der Waals surface area contributed by atoms with Crippen LogP contribution in [0.15, 0.2) is 35.5 Å². The maximum absolute atomic E-state index is 15.1. The first-order chi connectivity index (χ1) is 16.2. The number of rotatable bonds is 3. The molecule has 0 saturated heterocycles. The maximum atomic E-state index is 15.1. The first-order valence-electron chi connectivity index (χ1n) is 9.24. The van der Waals surface area contributed by atoms with Crippen molar-refractivity contribution in [3.8, 4) is 6.07 Å². The molecule has 0 aliphatic carbocycles. The molecule has 2 aromatic rings. The zero-order valence-corrected chi connectivity index (χ0v) is 17.2. The number of nitrogens with zero attached hydrogens (tertiary/aromatic N) is 4. The summed E-state index contributed by atoms with van der Waals surface area (Å²) in [5.74, 6) is -8.04. The number of aliphatic imine (C=N–C) groups is 1. The number of nitriles is 1. The molecule has 0 unspecified atom stereocenters. The van der Waals surface area contributed by atoms with Gasteiger partial charge >= 0.3 is 18.2 Å². The van der Waals surface area contributed by atoms with E-state index in [9.17, 15) is 27.2 Å². The van der Waals surface area contributed by atoms with Gasteiger partial charge in [0.1, 0.15) is 29.1 Å². The van der Waals surface area contributed by atoms with Crippen molar-refractivity contribution in [1.82, 2.24) is 15.3 Å². The van der Waals surface area contributed by atoms with Gasteiger partial charge in [-0.3, -0.25) is 4.79 Å². The topological polar surface area (TPSA) is 150 Å². The Bertz CT molecular complexity index is 1240. The summed E-state index contributed by atoms with van der Waals surface area (Å²) in [6.07, 6.45) is -10.6. The van der Waals surface area contributed by atoms with Crippen LogP contribution in [0.25, 0.3) is 0 Å². The van der Waals surface area contributed by atoms with Crippen molar-refractivity contribution in [2.45, 2.75) is 30.7 Å². The van der Waals surface area contributed by atoms with Crippen LogP contribution in [-0.2, 0) is 10.3 Å². The molecule has 1 aliphatic heterocycles. The average molecular weight is 502 g/mol. The van der Waals surface area contributed by atoms with Crippen LogP contribution < -0.4 is 10.6 Å². The lowest BCUT2D eigenvalue weighted by Gasteiger charge is -2.42. The number of alkyl halides is 5. The Hall–Kier alpha value is -4.42. The van der Waals surface area contributed by atoms with Crippen LogP contribution in [0.5, 0.6) is 0 Å². The minimum absolute atomic E-state index is 0.126. The van der Waals surface area contributed by atoms with Crippen LogP contribution in [0.2, 0.25) is 0 Å². The highest BCUT2D eigenvalue weighted by molar-refractivity contribution is 6.02. The second kappa shape index (κ2) is 8.74. The predicted octanol–water partition coefficient (Wildman–Crippen LogP) is 3.17. The normalized spacial score (nSPS) is 21.2. The number of amides is 2. The van der Waals surface area contributed by atoms with Gasteiger partial charge in [0.05, 0.1) is 5.56 Å². The van der Waals surface area contributed by atoms with Crippen molar-refractivity contribution in [3.63, 3.8) is 0 Å². The summed E-state index contributed by atoms with van der Waals surface area (Å²) in [4.78, 5) is 33.6. The number of ether oxygens (including phenoxy) is 1. The van der Waals surface area contributed by atoms with Gasteiger partial charge in [-0.25, -0.2) is 29.5 Å². The van der Waals surface area contributed by atoms with Crippen molar-refractivity contribution in [2.75, 3.05) is 5.32 Å². The minimum Gasteiger partial charge on any atom is -0.465 e. The zero-order chi connectivity index (χ0) is 26.2. The zero-order valence-electron chi connectivity index (χ0n) is 17.2. The van der Waals surface area contributed by atoms with E-state index in [2.05, 4.69) is 25.0 Å². The molecule has 0 bridgehead atoms. The fraction of sp³-hybridized carbons (Fsp3) is 0.263. The lowest BCUT2D eigenvalue weighted by Crippen LogP contribution is -2.62. The van der Waals surface area contributed by atoms with Crippen LogP contribution in [0.3, 0.4) is 0 Å². The number of carbonyl (C=O) groups excluding carboxylic acids is 1. The Balaban J connectivity index is 2.07. The van der Waals surface area contributed by atoms with Crippen molar-refractivity contribution in [2.24, 2.45) is 4.99 Å². The summed E-state index contributed by atoms with van der Waals surface area (Å²) < 4.78 is 88.9. The molecule has 0 aromatic carbocycles. The minimum atomic E-state index is -5.73. The monoisotopic (exact) mass is 502 g/mol. The molecular weight excluding hydrogens is 490 g/mol. The molecule has 3 N–H and O–H groups in total. The number of halogens is 6. The Morgan fingerprint density at radius 3 is 2.43 bits per heavy atom. The molecule has 3 heterocycles. The molecule has 16 heteroatoms. The van der Waals surface area contributed by atoms with Crippen molar-refractivity contribution in [1.29, 1.82) is 5.26 Å². The highest BCUT2D eigenvalue weighted by atomic mass is 19.4. The quantitative estimate of drug-likeness (QED) is 0.546. The molecule has 1 aliphatic rings. The number of nitrogens with one attached hydrogen (secondary N) is 2. The Morgan fingerprint density at radius 1 is 1.20 bits per heavy atom. The van der Waals surface area contributed by atoms with Gasteiger partial charge in [-0.15, -0.1) is 0 Å². The fourth-order valence-corrected chi connectivity index (χ4v) is 3.00. The Morgan fingerprint density at radius 2 is 1.89 bits per heavy atom. The molecule has 35 heavy (non-hydrogen) atoms. The molecule has 2 aromatic heterocycles. The predicted molar refractivity (Wildman–Crippen MR) is 103 cm³/mol. The number of amidine groups is 1. The smallest absolute Gasteiger partial charge is 0.431 e. The van der Waals surface area contributed by atoms with Gasteiger partial charge in [-0.2, -0.15) is 27.2 Å². The van der Waals surface area contributed by atoms with Crippen LogP contribution in [-0.4, -0.2) is 51.3 Å². The molecule has 184 valence electrons.